The van der Waals surface area contributed by atoms with Crippen LogP contribution in [0.4, 0.5) is 11.4 Å². The number of pyridine rings is 1. The Hall–Kier alpha value is -4.27. The van der Waals surface area contributed by atoms with Crippen LogP contribution in [0.3, 0.4) is 0 Å². The third-order valence-electron chi connectivity index (χ3n) is 9.08. The quantitative estimate of drug-likeness (QED) is 0.239. The summed E-state index contributed by atoms with van der Waals surface area (Å²) in [5, 5.41) is 3.79. The first-order chi connectivity index (χ1) is 21.6. The van der Waals surface area contributed by atoms with Crippen molar-refractivity contribution in [2.45, 2.75) is 31.7 Å². The molecule has 3 aliphatic rings. The van der Waals surface area contributed by atoms with Gasteiger partial charge in [-0.25, -0.2) is 0 Å². The van der Waals surface area contributed by atoms with Crippen LogP contribution in [0.5, 0.6) is 17.2 Å². The number of hydrogen-bond acceptors (Lipinski definition) is 7. The van der Waals surface area contributed by atoms with Gasteiger partial charge in [0.1, 0.15) is 17.2 Å². The molecule has 0 spiro atoms. The van der Waals surface area contributed by atoms with Gasteiger partial charge in [-0.1, -0.05) is 24.3 Å². The molecule has 2 N–H and O–H groups in total. The smallest absolute Gasteiger partial charge is 0.250 e. The maximum Gasteiger partial charge on any atom is 0.250 e. The lowest BCUT2D eigenvalue weighted by Gasteiger charge is -2.33. The van der Waals surface area contributed by atoms with Crippen molar-refractivity contribution in [1.82, 2.24) is 9.88 Å². The minimum Gasteiger partial charge on any atom is -0.497 e. The van der Waals surface area contributed by atoms with E-state index in [0.29, 0.717) is 19.3 Å². The minimum atomic E-state index is -0.114. The summed E-state index contributed by atoms with van der Waals surface area (Å²) in [5.74, 6) is 2.60. The maximum absolute atomic E-state index is 12.7. The van der Waals surface area contributed by atoms with Crippen molar-refractivity contribution in [3.63, 3.8) is 0 Å². The zero-order valence-corrected chi connectivity index (χ0v) is 25.3. The molecule has 2 fully saturated rings. The van der Waals surface area contributed by atoms with Gasteiger partial charge in [-0.2, -0.15) is 0 Å². The summed E-state index contributed by atoms with van der Waals surface area (Å²) in [5.41, 5.74) is 7.27. The number of methoxy groups -OCH3 is 1. The van der Waals surface area contributed by atoms with E-state index < -0.39 is 0 Å². The number of fused-ring (bicyclic) bond motifs is 2. The molecule has 4 aromatic rings. The Balaban J connectivity index is 0.988. The Morgan fingerprint density at radius 1 is 0.932 bits per heavy atom. The number of aromatic nitrogens is 1. The fourth-order valence-corrected chi connectivity index (χ4v) is 6.57. The normalized spacial score (nSPS) is 17.0. The van der Waals surface area contributed by atoms with E-state index in [4.69, 9.17) is 14.2 Å². The van der Waals surface area contributed by atoms with Crippen LogP contribution >= 0.6 is 0 Å². The van der Waals surface area contributed by atoms with Crippen LogP contribution < -0.4 is 25.2 Å². The zero-order chi connectivity index (χ0) is 29.9. The lowest BCUT2D eigenvalue weighted by atomic mass is 9.95. The number of likely N-dealkylation sites (tertiary alicyclic amines) is 1. The molecule has 8 nitrogen and oxygen atoms in total. The molecule has 0 bridgehead atoms. The number of nitrogens with zero attached hydrogens (tertiary/aromatic N) is 2. The standard InChI is InChI=1S/C36H40N4O4/c1-42-31-8-5-25(6-9-31)11-14-39-15-12-28(13-16-39)37-29-7-10-34-27(22-29)21-26-3-2-4-32(36(26)44-34)33-23-30(24-35(41)38-33)40-17-19-43-20-18-40/h2-10,22-24,28,37H,11-21H2,1H3,(H,38,41). The lowest BCUT2D eigenvalue weighted by Crippen LogP contribution is -2.40. The fraction of sp³-hybridized carbons (Fsp3) is 0.361. The Bertz CT molecular complexity index is 1650. The van der Waals surface area contributed by atoms with Crippen LogP contribution in [0.15, 0.2) is 77.6 Å². The number of para-hydroxylation sites is 1. The molecule has 0 aliphatic carbocycles. The van der Waals surface area contributed by atoms with E-state index in [1.165, 1.54) is 11.1 Å². The number of H-pyrrole nitrogens is 1. The van der Waals surface area contributed by atoms with Gasteiger partial charge in [-0.15, -0.1) is 0 Å². The van der Waals surface area contributed by atoms with Crippen molar-refractivity contribution in [2.24, 2.45) is 0 Å². The van der Waals surface area contributed by atoms with Gasteiger partial charge >= 0.3 is 0 Å². The third kappa shape index (κ3) is 6.32. The number of piperidine rings is 1. The molecule has 0 atom stereocenters. The maximum atomic E-state index is 12.7. The van der Waals surface area contributed by atoms with E-state index in [1.54, 1.807) is 13.2 Å². The lowest BCUT2D eigenvalue weighted by molar-refractivity contribution is 0.122. The number of ether oxygens (including phenoxy) is 3. The molecule has 3 aliphatic heterocycles. The molecule has 4 heterocycles. The predicted molar refractivity (Wildman–Crippen MR) is 175 cm³/mol. The topological polar surface area (TPSA) is 79.1 Å². The highest BCUT2D eigenvalue weighted by atomic mass is 16.5. The summed E-state index contributed by atoms with van der Waals surface area (Å²) in [6.45, 7) is 6.19. The number of hydrogen-bond donors (Lipinski definition) is 2. The Morgan fingerprint density at radius 3 is 2.55 bits per heavy atom. The van der Waals surface area contributed by atoms with Gasteiger partial charge in [0.2, 0.25) is 5.56 Å². The summed E-state index contributed by atoms with van der Waals surface area (Å²) in [7, 11) is 1.71. The third-order valence-corrected chi connectivity index (χ3v) is 9.08. The molecule has 0 unspecified atom stereocenters. The van der Waals surface area contributed by atoms with Crippen molar-refractivity contribution < 1.29 is 14.2 Å². The second-order valence-electron chi connectivity index (χ2n) is 12.0. The largest absolute Gasteiger partial charge is 0.497 e. The van der Waals surface area contributed by atoms with Crippen molar-refractivity contribution in [1.29, 1.82) is 0 Å². The van der Waals surface area contributed by atoms with E-state index in [0.717, 1.165) is 104 Å². The van der Waals surface area contributed by atoms with Crippen LogP contribution in [0, 0.1) is 0 Å². The molecule has 0 amide bonds. The van der Waals surface area contributed by atoms with Crippen LogP contribution in [0.1, 0.15) is 29.5 Å². The van der Waals surface area contributed by atoms with E-state index in [1.807, 2.05) is 24.3 Å². The molecular weight excluding hydrogens is 552 g/mol. The molecule has 7 rings (SSSR count). The van der Waals surface area contributed by atoms with E-state index in [9.17, 15) is 4.79 Å². The Kier molecular flexibility index (Phi) is 8.27. The van der Waals surface area contributed by atoms with Gasteiger partial charge in [0.05, 0.1) is 26.0 Å². The molecule has 228 valence electrons. The summed E-state index contributed by atoms with van der Waals surface area (Å²) in [6, 6.07) is 25.2. The van der Waals surface area contributed by atoms with Crippen LogP contribution in [0.25, 0.3) is 11.3 Å². The van der Waals surface area contributed by atoms with Gasteiger partial charge in [0.15, 0.2) is 0 Å². The van der Waals surface area contributed by atoms with E-state index >= 15 is 0 Å². The molecule has 8 heteroatoms. The number of nitrogens with one attached hydrogen (secondary N) is 2. The predicted octanol–water partition coefficient (Wildman–Crippen LogP) is 5.70. The first-order valence-corrected chi connectivity index (χ1v) is 15.7. The Morgan fingerprint density at radius 2 is 1.75 bits per heavy atom. The van der Waals surface area contributed by atoms with Gasteiger partial charge in [0.25, 0.3) is 0 Å². The fourth-order valence-electron chi connectivity index (χ4n) is 6.57. The molecule has 0 radical (unpaired) electrons. The van der Waals surface area contributed by atoms with Crippen LogP contribution in [0.2, 0.25) is 0 Å². The average Bonchev–Trinajstić information content (AvgIpc) is 3.07. The SMILES string of the molecule is COc1ccc(CCN2CCC(Nc3ccc4c(c3)Cc3cccc(-c5cc(N6CCOCC6)cc(=O)[nH]5)c3O4)CC2)cc1. The summed E-state index contributed by atoms with van der Waals surface area (Å²) in [6.07, 6.45) is 4.10. The van der Waals surface area contributed by atoms with Crippen molar-refractivity contribution in [3.8, 4) is 28.5 Å². The minimum absolute atomic E-state index is 0.114. The van der Waals surface area contributed by atoms with Crippen LogP contribution in [-0.4, -0.2) is 69.0 Å². The van der Waals surface area contributed by atoms with Gasteiger partial charge in [-0.3, -0.25) is 4.79 Å². The highest BCUT2D eigenvalue weighted by Crippen LogP contribution is 2.43. The van der Waals surface area contributed by atoms with Crippen molar-refractivity contribution >= 4 is 11.4 Å². The summed E-state index contributed by atoms with van der Waals surface area (Å²) in [4.78, 5) is 20.5. The molecule has 0 saturated carbocycles. The number of aromatic amines is 1. The molecular formula is C36H40N4O4. The summed E-state index contributed by atoms with van der Waals surface area (Å²) >= 11 is 0. The van der Waals surface area contributed by atoms with Crippen molar-refractivity contribution in [3.05, 3.63) is 99.8 Å². The number of benzene rings is 3. The number of rotatable bonds is 8. The highest BCUT2D eigenvalue weighted by molar-refractivity contribution is 5.74. The number of morpholine rings is 1. The van der Waals surface area contributed by atoms with E-state index in [2.05, 4.69) is 62.6 Å². The van der Waals surface area contributed by atoms with Gasteiger partial charge in [-0.05, 0) is 72.9 Å². The van der Waals surface area contributed by atoms with Gasteiger partial charge < -0.3 is 34.3 Å². The average molecular weight is 593 g/mol. The first kappa shape index (κ1) is 28.5. The number of anilines is 2. The van der Waals surface area contributed by atoms with E-state index in [-0.39, 0.29) is 5.56 Å². The first-order valence-electron chi connectivity index (χ1n) is 15.7. The molecule has 2 saturated heterocycles. The van der Waals surface area contributed by atoms with Crippen molar-refractivity contribution in [2.75, 3.05) is 63.3 Å². The second-order valence-corrected chi connectivity index (χ2v) is 12.0. The second kappa shape index (κ2) is 12.8. The summed E-state index contributed by atoms with van der Waals surface area (Å²) < 4.78 is 17.3. The molecule has 3 aromatic carbocycles. The van der Waals surface area contributed by atoms with Crippen LogP contribution in [-0.2, 0) is 17.6 Å². The Labute approximate surface area is 258 Å². The molecule has 44 heavy (non-hydrogen) atoms. The molecule has 1 aromatic heterocycles. The van der Waals surface area contributed by atoms with Gasteiger partial charge in [0, 0.05) is 73.8 Å². The zero-order valence-electron chi connectivity index (χ0n) is 25.3. The monoisotopic (exact) mass is 592 g/mol. The highest BCUT2D eigenvalue weighted by Gasteiger charge is 2.24.